The lowest BCUT2D eigenvalue weighted by atomic mass is 10.0. The lowest BCUT2D eigenvalue weighted by molar-refractivity contribution is 0.137. The van der Waals surface area contributed by atoms with E-state index < -0.39 is 0 Å². The van der Waals surface area contributed by atoms with E-state index in [2.05, 4.69) is 10.1 Å². The Morgan fingerprint density at radius 1 is 1.30 bits per heavy atom. The standard InChI is InChI=1S/C18H24N2O3/c1-14-10-17(23-19-14)11-15-12-20(13-18(15)21)8-5-9-22-16-6-3-2-4-7-16/h2-4,6-7,10,15,18,21H,5,8-9,11-13H2,1H3. The Morgan fingerprint density at radius 3 is 2.87 bits per heavy atom. The maximum Gasteiger partial charge on any atom is 0.137 e. The first-order chi connectivity index (χ1) is 11.2. The minimum absolute atomic E-state index is 0.220. The lowest BCUT2D eigenvalue weighted by Gasteiger charge is -2.15. The SMILES string of the molecule is Cc1cc(CC2CN(CCCOc3ccccc3)CC2O)on1. The molecule has 1 aliphatic heterocycles. The second-order valence-corrected chi connectivity index (χ2v) is 6.24. The third-order valence-corrected chi connectivity index (χ3v) is 4.25. The number of aryl methyl sites for hydroxylation is 1. The van der Waals surface area contributed by atoms with Gasteiger partial charge in [0, 0.05) is 38.0 Å². The average molecular weight is 316 g/mol. The molecule has 1 N–H and O–H groups in total. The summed E-state index contributed by atoms with van der Waals surface area (Å²) >= 11 is 0. The van der Waals surface area contributed by atoms with Gasteiger partial charge in [-0.25, -0.2) is 0 Å². The van der Waals surface area contributed by atoms with Crippen LogP contribution in [0.25, 0.3) is 0 Å². The van der Waals surface area contributed by atoms with Gasteiger partial charge in [0.1, 0.15) is 11.5 Å². The van der Waals surface area contributed by atoms with Crippen LogP contribution in [-0.2, 0) is 6.42 Å². The van der Waals surface area contributed by atoms with E-state index in [1.54, 1.807) is 0 Å². The normalized spacial score (nSPS) is 21.7. The molecule has 0 spiro atoms. The van der Waals surface area contributed by atoms with Crippen LogP contribution in [0.4, 0.5) is 0 Å². The molecule has 2 heterocycles. The molecule has 1 saturated heterocycles. The number of rotatable bonds is 7. The first kappa shape index (κ1) is 16.0. The summed E-state index contributed by atoms with van der Waals surface area (Å²) in [6, 6.07) is 11.8. The summed E-state index contributed by atoms with van der Waals surface area (Å²) in [5.74, 6) is 1.99. The number of aliphatic hydroxyl groups is 1. The van der Waals surface area contributed by atoms with Crippen molar-refractivity contribution in [2.75, 3.05) is 26.2 Å². The second kappa shape index (κ2) is 7.62. The summed E-state index contributed by atoms with van der Waals surface area (Å²) in [6.07, 6.45) is 1.41. The molecule has 1 fully saturated rings. The van der Waals surface area contributed by atoms with Gasteiger partial charge in [0.2, 0.25) is 0 Å². The topological polar surface area (TPSA) is 58.7 Å². The summed E-state index contributed by atoms with van der Waals surface area (Å²) in [6.45, 7) is 5.17. The van der Waals surface area contributed by atoms with Crippen LogP contribution in [0, 0.1) is 12.8 Å². The fourth-order valence-corrected chi connectivity index (χ4v) is 3.09. The first-order valence-electron chi connectivity index (χ1n) is 8.21. The van der Waals surface area contributed by atoms with Gasteiger partial charge in [-0.2, -0.15) is 0 Å². The molecule has 0 aliphatic carbocycles. The van der Waals surface area contributed by atoms with E-state index in [4.69, 9.17) is 9.26 Å². The highest BCUT2D eigenvalue weighted by Gasteiger charge is 2.31. The molecule has 2 aromatic rings. The predicted octanol–water partition coefficient (Wildman–Crippen LogP) is 2.29. The van der Waals surface area contributed by atoms with E-state index in [0.29, 0.717) is 6.61 Å². The molecule has 1 aromatic carbocycles. The number of hydrogen-bond acceptors (Lipinski definition) is 5. The molecule has 1 aliphatic rings. The van der Waals surface area contributed by atoms with E-state index in [1.165, 1.54) is 0 Å². The van der Waals surface area contributed by atoms with Crippen LogP contribution < -0.4 is 4.74 Å². The van der Waals surface area contributed by atoms with Crippen LogP contribution >= 0.6 is 0 Å². The van der Waals surface area contributed by atoms with Gasteiger partial charge in [-0.1, -0.05) is 23.4 Å². The molecule has 124 valence electrons. The number of likely N-dealkylation sites (tertiary alicyclic amines) is 1. The zero-order chi connectivity index (χ0) is 16.1. The average Bonchev–Trinajstić information content (AvgIpc) is 3.11. The number of nitrogens with zero attached hydrogens (tertiary/aromatic N) is 2. The van der Waals surface area contributed by atoms with Crippen molar-refractivity contribution >= 4 is 0 Å². The van der Waals surface area contributed by atoms with E-state index >= 15 is 0 Å². The van der Waals surface area contributed by atoms with Gasteiger partial charge in [-0.05, 0) is 25.5 Å². The van der Waals surface area contributed by atoms with E-state index in [1.807, 2.05) is 43.3 Å². The van der Waals surface area contributed by atoms with Crippen molar-refractivity contribution in [3.63, 3.8) is 0 Å². The van der Waals surface area contributed by atoms with Gasteiger partial charge in [-0.3, -0.25) is 0 Å². The highest BCUT2D eigenvalue weighted by Crippen LogP contribution is 2.22. The van der Waals surface area contributed by atoms with Crippen LogP contribution in [0.3, 0.4) is 0 Å². The van der Waals surface area contributed by atoms with Gasteiger partial charge >= 0.3 is 0 Å². The van der Waals surface area contributed by atoms with E-state index in [-0.39, 0.29) is 12.0 Å². The fourth-order valence-electron chi connectivity index (χ4n) is 3.09. The smallest absolute Gasteiger partial charge is 0.137 e. The maximum absolute atomic E-state index is 10.2. The highest BCUT2D eigenvalue weighted by molar-refractivity contribution is 5.20. The third-order valence-electron chi connectivity index (χ3n) is 4.25. The zero-order valence-corrected chi connectivity index (χ0v) is 13.5. The number of aromatic nitrogens is 1. The lowest BCUT2D eigenvalue weighted by Crippen LogP contribution is -2.24. The van der Waals surface area contributed by atoms with Crippen molar-refractivity contribution in [3.05, 3.63) is 47.9 Å². The summed E-state index contributed by atoms with van der Waals surface area (Å²) in [5.41, 5.74) is 0.891. The van der Waals surface area contributed by atoms with Crippen molar-refractivity contribution in [2.45, 2.75) is 25.9 Å². The van der Waals surface area contributed by atoms with E-state index in [9.17, 15) is 5.11 Å². The molecule has 0 bridgehead atoms. The zero-order valence-electron chi connectivity index (χ0n) is 13.5. The highest BCUT2D eigenvalue weighted by atomic mass is 16.5. The van der Waals surface area contributed by atoms with Crippen LogP contribution in [0.1, 0.15) is 17.9 Å². The van der Waals surface area contributed by atoms with Crippen LogP contribution in [0.5, 0.6) is 5.75 Å². The summed E-state index contributed by atoms with van der Waals surface area (Å²) in [4.78, 5) is 2.30. The van der Waals surface area contributed by atoms with Crippen LogP contribution in [0.2, 0.25) is 0 Å². The largest absolute Gasteiger partial charge is 0.494 e. The fraction of sp³-hybridized carbons (Fsp3) is 0.500. The minimum Gasteiger partial charge on any atom is -0.494 e. The molecule has 1 aromatic heterocycles. The number of ether oxygens (including phenoxy) is 1. The van der Waals surface area contributed by atoms with Crippen molar-refractivity contribution < 1.29 is 14.4 Å². The van der Waals surface area contributed by atoms with Crippen LogP contribution in [-0.4, -0.2) is 47.5 Å². The number of benzene rings is 1. The quantitative estimate of drug-likeness (QED) is 0.794. The predicted molar refractivity (Wildman–Crippen MR) is 87.4 cm³/mol. The van der Waals surface area contributed by atoms with Gasteiger partial charge in [-0.15, -0.1) is 0 Å². The van der Waals surface area contributed by atoms with Gasteiger partial charge < -0.3 is 19.3 Å². The van der Waals surface area contributed by atoms with Crippen molar-refractivity contribution in [2.24, 2.45) is 5.92 Å². The van der Waals surface area contributed by atoms with E-state index in [0.717, 1.165) is 49.7 Å². The maximum atomic E-state index is 10.2. The van der Waals surface area contributed by atoms with Crippen molar-refractivity contribution in [1.82, 2.24) is 10.1 Å². The second-order valence-electron chi connectivity index (χ2n) is 6.24. The number of hydrogen-bond donors (Lipinski definition) is 1. The van der Waals surface area contributed by atoms with Gasteiger partial charge in [0.05, 0.1) is 18.4 Å². The molecule has 0 amide bonds. The Labute approximate surface area is 136 Å². The Balaban J connectivity index is 1.38. The van der Waals surface area contributed by atoms with Crippen molar-refractivity contribution in [1.29, 1.82) is 0 Å². The molecule has 2 atom stereocenters. The van der Waals surface area contributed by atoms with Gasteiger partial charge in [0.15, 0.2) is 0 Å². The monoisotopic (exact) mass is 316 g/mol. The molecular weight excluding hydrogens is 292 g/mol. The molecular formula is C18H24N2O3. The minimum atomic E-state index is -0.296. The molecule has 5 nitrogen and oxygen atoms in total. The Bertz CT molecular complexity index is 599. The Morgan fingerprint density at radius 2 is 2.13 bits per heavy atom. The summed E-state index contributed by atoms with van der Waals surface area (Å²) in [5, 5.41) is 14.1. The summed E-state index contributed by atoms with van der Waals surface area (Å²) < 4.78 is 11.0. The molecule has 2 unspecified atom stereocenters. The number of para-hydroxylation sites is 1. The molecule has 3 rings (SSSR count). The number of β-amino-alcohol motifs (C(OH)–C–C–N with tert-alkyl or cyclic N) is 1. The van der Waals surface area contributed by atoms with Crippen molar-refractivity contribution in [3.8, 4) is 5.75 Å². The third kappa shape index (κ3) is 4.56. The molecule has 0 saturated carbocycles. The Hall–Kier alpha value is -1.85. The molecule has 0 radical (unpaired) electrons. The van der Waals surface area contributed by atoms with Gasteiger partial charge in [0.25, 0.3) is 0 Å². The molecule has 5 heteroatoms. The molecule has 23 heavy (non-hydrogen) atoms. The van der Waals surface area contributed by atoms with Crippen LogP contribution in [0.15, 0.2) is 40.9 Å². The first-order valence-corrected chi connectivity index (χ1v) is 8.21. The Kier molecular flexibility index (Phi) is 5.31. The summed E-state index contributed by atoms with van der Waals surface area (Å²) in [7, 11) is 0. The number of aliphatic hydroxyl groups excluding tert-OH is 1.